The minimum Gasteiger partial charge on any atom is -0.354 e. The summed E-state index contributed by atoms with van der Waals surface area (Å²) in [4.78, 5) is 7.88. The van der Waals surface area contributed by atoms with Gasteiger partial charge < -0.3 is 9.80 Å². The number of pyridine rings is 1. The zero-order valence-corrected chi connectivity index (χ0v) is 12.9. The molecule has 0 radical (unpaired) electrons. The first kappa shape index (κ1) is 16.1. The molecule has 1 aromatic heterocycles. The van der Waals surface area contributed by atoms with Crippen molar-refractivity contribution in [3.8, 4) is 0 Å². The second-order valence-corrected chi connectivity index (χ2v) is 6.22. The highest BCUT2D eigenvalue weighted by Gasteiger charge is 2.41. The first-order valence-electron chi connectivity index (χ1n) is 7.15. The number of rotatable bonds is 3. The molecule has 1 aliphatic heterocycles. The summed E-state index contributed by atoms with van der Waals surface area (Å²) in [6.07, 6.45) is -2.94. The molecule has 3 nitrogen and oxygen atoms in total. The van der Waals surface area contributed by atoms with E-state index in [0.29, 0.717) is 24.9 Å². The Labute approximate surface area is 123 Å². The largest absolute Gasteiger partial charge is 0.419 e. The molecule has 0 unspecified atom stereocenters. The minimum absolute atomic E-state index is 0.0556. The molecule has 0 aliphatic carbocycles. The van der Waals surface area contributed by atoms with Crippen molar-refractivity contribution >= 4 is 5.82 Å². The molecule has 0 spiro atoms. The van der Waals surface area contributed by atoms with Gasteiger partial charge in [-0.2, -0.15) is 13.2 Å². The third-order valence-electron chi connectivity index (χ3n) is 4.24. The van der Waals surface area contributed by atoms with E-state index < -0.39 is 11.7 Å². The van der Waals surface area contributed by atoms with Gasteiger partial charge in [0.15, 0.2) is 0 Å². The molecular weight excluding hydrogens is 279 g/mol. The molecule has 6 heteroatoms. The minimum atomic E-state index is -4.37. The molecule has 0 bridgehead atoms. The molecule has 2 atom stereocenters. The number of alkyl halides is 3. The molecular formula is C15H22F3N3. The maximum absolute atomic E-state index is 13.1. The number of aromatic nitrogens is 1. The van der Waals surface area contributed by atoms with Gasteiger partial charge in [-0.05, 0) is 38.1 Å². The van der Waals surface area contributed by atoms with Gasteiger partial charge in [-0.25, -0.2) is 4.98 Å². The van der Waals surface area contributed by atoms with E-state index in [9.17, 15) is 13.2 Å². The molecule has 1 aliphatic rings. The maximum atomic E-state index is 13.1. The number of anilines is 1. The summed E-state index contributed by atoms with van der Waals surface area (Å²) in [5, 5.41) is 0. The van der Waals surface area contributed by atoms with Crippen LogP contribution in [0.25, 0.3) is 0 Å². The zero-order valence-electron chi connectivity index (χ0n) is 12.9. The highest BCUT2D eigenvalue weighted by atomic mass is 19.4. The van der Waals surface area contributed by atoms with E-state index >= 15 is 0 Å². The Morgan fingerprint density at radius 1 is 1.29 bits per heavy atom. The molecule has 0 amide bonds. The van der Waals surface area contributed by atoms with Gasteiger partial charge in [-0.3, -0.25) is 0 Å². The predicted molar refractivity (Wildman–Crippen MR) is 77.3 cm³/mol. The van der Waals surface area contributed by atoms with E-state index in [1.165, 1.54) is 12.3 Å². The van der Waals surface area contributed by atoms with Crippen molar-refractivity contribution < 1.29 is 13.2 Å². The van der Waals surface area contributed by atoms with Gasteiger partial charge in [0.2, 0.25) is 0 Å². The van der Waals surface area contributed by atoms with Crippen LogP contribution in [0.4, 0.5) is 19.0 Å². The molecule has 21 heavy (non-hydrogen) atoms. The second-order valence-electron chi connectivity index (χ2n) is 6.22. The van der Waals surface area contributed by atoms with Crippen LogP contribution in [-0.2, 0) is 6.18 Å². The normalized spacial score (nSPS) is 23.4. The van der Waals surface area contributed by atoms with Crippen molar-refractivity contribution in [1.82, 2.24) is 9.88 Å². The Hall–Kier alpha value is -1.30. The molecule has 0 saturated carbocycles. The van der Waals surface area contributed by atoms with Crippen molar-refractivity contribution in [2.45, 2.75) is 26.1 Å². The number of hydrogen-bond donors (Lipinski definition) is 0. The molecule has 1 saturated heterocycles. The third kappa shape index (κ3) is 3.31. The highest BCUT2D eigenvalue weighted by Crippen LogP contribution is 2.38. The van der Waals surface area contributed by atoms with Crippen LogP contribution in [0.3, 0.4) is 0 Å². The number of nitrogens with zero attached hydrogens (tertiary/aromatic N) is 3. The van der Waals surface area contributed by atoms with Crippen LogP contribution >= 0.6 is 0 Å². The summed E-state index contributed by atoms with van der Waals surface area (Å²) in [6, 6.07) is 2.69. The average molecular weight is 301 g/mol. The maximum Gasteiger partial charge on any atom is 0.419 e. The topological polar surface area (TPSA) is 19.4 Å². The molecule has 1 fully saturated rings. The summed E-state index contributed by atoms with van der Waals surface area (Å²) >= 11 is 0. The second kappa shape index (κ2) is 5.83. The molecule has 2 rings (SSSR count). The first-order chi connectivity index (χ1) is 9.71. The zero-order chi connectivity index (χ0) is 15.8. The quantitative estimate of drug-likeness (QED) is 0.855. The van der Waals surface area contributed by atoms with E-state index in [1.807, 2.05) is 14.1 Å². The number of hydrogen-bond acceptors (Lipinski definition) is 3. The van der Waals surface area contributed by atoms with Crippen LogP contribution < -0.4 is 4.90 Å². The lowest BCUT2D eigenvalue weighted by molar-refractivity contribution is -0.137. The molecule has 0 aromatic carbocycles. The average Bonchev–Trinajstić information content (AvgIpc) is 2.83. The number of halogens is 3. The summed E-state index contributed by atoms with van der Waals surface area (Å²) in [5.41, 5.74) is -0.646. The van der Waals surface area contributed by atoms with E-state index in [-0.39, 0.29) is 11.9 Å². The fourth-order valence-electron chi connectivity index (χ4n) is 3.06. The van der Waals surface area contributed by atoms with Crippen molar-refractivity contribution in [3.05, 3.63) is 23.9 Å². The molecule has 1 aromatic rings. The summed E-state index contributed by atoms with van der Waals surface area (Å²) in [5.74, 6) is 0.809. The molecule has 2 heterocycles. The molecule has 118 valence electrons. The standard InChI is InChI=1S/C15H22F3N3/c1-10(2)11-8-21(9-13(11)20(3)4)14-12(15(16,17)18)6-5-7-19-14/h5-7,10-11,13H,8-9H2,1-4H3/t11-,13+/m0/s1. The lowest BCUT2D eigenvalue weighted by Gasteiger charge is -2.27. The smallest absolute Gasteiger partial charge is 0.354 e. The van der Waals surface area contributed by atoms with E-state index in [2.05, 4.69) is 23.7 Å². The molecule has 0 N–H and O–H groups in total. The lowest BCUT2D eigenvalue weighted by Crippen LogP contribution is -2.37. The van der Waals surface area contributed by atoms with Gasteiger partial charge >= 0.3 is 6.18 Å². The van der Waals surface area contributed by atoms with Crippen LogP contribution in [-0.4, -0.2) is 43.1 Å². The van der Waals surface area contributed by atoms with Crippen LogP contribution in [0.1, 0.15) is 19.4 Å². The van der Waals surface area contributed by atoms with Crippen LogP contribution in [0, 0.1) is 11.8 Å². The van der Waals surface area contributed by atoms with E-state index in [0.717, 1.165) is 6.07 Å². The van der Waals surface area contributed by atoms with Gasteiger partial charge in [0, 0.05) is 25.3 Å². The summed E-state index contributed by atoms with van der Waals surface area (Å²) in [6.45, 7) is 5.43. The fraction of sp³-hybridized carbons (Fsp3) is 0.667. The Bertz CT molecular complexity index is 469. The SMILES string of the molecule is CC(C)[C@@H]1CN(c2ncccc2C(F)(F)F)C[C@H]1N(C)C. The van der Waals surface area contributed by atoms with Crippen molar-refractivity contribution in [1.29, 1.82) is 0 Å². The Morgan fingerprint density at radius 3 is 2.43 bits per heavy atom. The van der Waals surface area contributed by atoms with Gasteiger partial charge in [0.25, 0.3) is 0 Å². The third-order valence-corrected chi connectivity index (χ3v) is 4.24. The van der Waals surface area contributed by atoms with Crippen LogP contribution in [0.5, 0.6) is 0 Å². The Kier molecular flexibility index (Phi) is 4.46. The Morgan fingerprint density at radius 2 is 1.95 bits per heavy atom. The van der Waals surface area contributed by atoms with Gasteiger partial charge in [0.1, 0.15) is 5.82 Å². The van der Waals surface area contributed by atoms with E-state index in [1.54, 1.807) is 4.90 Å². The number of likely N-dealkylation sites (N-methyl/N-ethyl adjacent to an activating group) is 1. The summed E-state index contributed by atoms with van der Waals surface area (Å²) < 4.78 is 39.4. The van der Waals surface area contributed by atoms with Crippen molar-refractivity contribution in [2.75, 3.05) is 32.1 Å². The van der Waals surface area contributed by atoms with Crippen LogP contribution in [0.2, 0.25) is 0 Å². The monoisotopic (exact) mass is 301 g/mol. The van der Waals surface area contributed by atoms with Crippen LogP contribution in [0.15, 0.2) is 18.3 Å². The van der Waals surface area contributed by atoms with Crippen molar-refractivity contribution in [3.63, 3.8) is 0 Å². The predicted octanol–water partition coefficient (Wildman–Crippen LogP) is 3.12. The van der Waals surface area contributed by atoms with Crippen molar-refractivity contribution in [2.24, 2.45) is 11.8 Å². The van der Waals surface area contributed by atoms with Gasteiger partial charge in [-0.1, -0.05) is 13.8 Å². The highest BCUT2D eigenvalue weighted by molar-refractivity contribution is 5.49. The summed E-state index contributed by atoms with van der Waals surface area (Å²) in [7, 11) is 3.96. The lowest BCUT2D eigenvalue weighted by atomic mass is 9.91. The fourth-order valence-corrected chi connectivity index (χ4v) is 3.06. The van der Waals surface area contributed by atoms with Gasteiger partial charge in [-0.15, -0.1) is 0 Å². The van der Waals surface area contributed by atoms with E-state index in [4.69, 9.17) is 0 Å². The Balaban J connectivity index is 2.32. The first-order valence-corrected chi connectivity index (χ1v) is 7.15. The van der Waals surface area contributed by atoms with Gasteiger partial charge in [0.05, 0.1) is 5.56 Å².